The molecule has 1 aromatic carbocycles. The van der Waals surface area contributed by atoms with Gasteiger partial charge in [0.2, 0.25) is 5.91 Å². The molecule has 0 atom stereocenters. The summed E-state index contributed by atoms with van der Waals surface area (Å²) in [5.41, 5.74) is 1.64. The molecule has 0 saturated carbocycles. The lowest BCUT2D eigenvalue weighted by atomic mass is 10.1. The highest BCUT2D eigenvalue weighted by Crippen LogP contribution is 2.18. The SMILES string of the molecule is COCc1cccc(NC(=O)CCC(=O)CCC(=O)c2ccc(C)s2)c1. The molecule has 0 aliphatic heterocycles. The number of hydrogen-bond donors (Lipinski definition) is 1. The maximum Gasteiger partial charge on any atom is 0.224 e. The zero-order valence-corrected chi connectivity index (χ0v) is 15.9. The fourth-order valence-electron chi connectivity index (χ4n) is 2.47. The minimum atomic E-state index is -0.215. The van der Waals surface area contributed by atoms with Gasteiger partial charge in [0.05, 0.1) is 11.5 Å². The molecule has 2 rings (SSSR count). The number of nitrogens with one attached hydrogen (secondary N) is 1. The van der Waals surface area contributed by atoms with Gasteiger partial charge in [-0.1, -0.05) is 12.1 Å². The van der Waals surface area contributed by atoms with E-state index in [4.69, 9.17) is 4.74 Å². The van der Waals surface area contributed by atoms with Gasteiger partial charge >= 0.3 is 0 Å². The summed E-state index contributed by atoms with van der Waals surface area (Å²) in [5.74, 6) is -0.307. The third-order valence-electron chi connectivity index (χ3n) is 3.80. The van der Waals surface area contributed by atoms with Crippen molar-refractivity contribution < 1.29 is 19.1 Å². The van der Waals surface area contributed by atoms with E-state index in [-0.39, 0.29) is 43.2 Å². The summed E-state index contributed by atoms with van der Waals surface area (Å²) in [4.78, 5) is 37.7. The van der Waals surface area contributed by atoms with Crippen molar-refractivity contribution in [3.63, 3.8) is 0 Å². The normalized spacial score (nSPS) is 10.5. The second-order valence-corrected chi connectivity index (χ2v) is 7.34. The molecule has 2 aromatic rings. The average Bonchev–Trinajstić information content (AvgIpc) is 3.05. The van der Waals surface area contributed by atoms with Crippen molar-refractivity contribution in [1.82, 2.24) is 0 Å². The summed E-state index contributed by atoms with van der Waals surface area (Å²) in [6, 6.07) is 11.1. The number of methoxy groups -OCH3 is 1. The fourth-order valence-corrected chi connectivity index (χ4v) is 3.30. The maximum atomic E-state index is 12.0. The molecule has 0 fully saturated rings. The standard InChI is InChI=1S/C20H23NO4S/c1-14-6-10-19(26-14)18(23)9-7-17(22)8-11-20(24)21-16-5-3-4-15(12-16)13-25-2/h3-6,10,12H,7-9,11,13H2,1-2H3,(H,21,24). The molecule has 0 aliphatic rings. The summed E-state index contributed by atoms with van der Waals surface area (Å²) in [6.07, 6.45) is 0.617. The molecule has 1 N–H and O–H groups in total. The van der Waals surface area contributed by atoms with E-state index in [9.17, 15) is 14.4 Å². The third kappa shape index (κ3) is 6.54. The first kappa shape index (κ1) is 20.0. The number of hydrogen-bond acceptors (Lipinski definition) is 5. The van der Waals surface area contributed by atoms with Gasteiger partial charge < -0.3 is 10.1 Å². The van der Waals surface area contributed by atoms with E-state index in [0.29, 0.717) is 17.2 Å². The Kier molecular flexibility index (Phi) is 7.69. The Bertz CT molecular complexity index is 782. The second kappa shape index (κ2) is 9.99. The summed E-state index contributed by atoms with van der Waals surface area (Å²) >= 11 is 1.44. The largest absolute Gasteiger partial charge is 0.380 e. The van der Waals surface area contributed by atoms with Crippen molar-refractivity contribution in [2.24, 2.45) is 0 Å². The van der Waals surface area contributed by atoms with Gasteiger partial charge in [0.25, 0.3) is 0 Å². The van der Waals surface area contributed by atoms with Crippen LogP contribution < -0.4 is 5.32 Å². The molecule has 5 nitrogen and oxygen atoms in total. The molecule has 0 radical (unpaired) electrons. The highest BCUT2D eigenvalue weighted by atomic mass is 32.1. The first-order valence-electron chi connectivity index (χ1n) is 8.47. The molecular weight excluding hydrogens is 350 g/mol. The Hall–Kier alpha value is -2.31. The number of ketones is 2. The Morgan fingerprint density at radius 3 is 2.50 bits per heavy atom. The topological polar surface area (TPSA) is 72.5 Å². The summed E-state index contributed by atoms with van der Waals surface area (Å²) in [6.45, 7) is 2.41. The third-order valence-corrected chi connectivity index (χ3v) is 4.84. The van der Waals surface area contributed by atoms with E-state index in [0.717, 1.165) is 10.4 Å². The quantitative estimate of drug-likeness (QED) is 0.635. The van der Waals surface area contributed by atoms with E-state index in [1.54, 1.807) is 19.2 Å². The van der Waals surface area contributed by atoms with Gasteiger partial charge in [-0.15, -0.1) is 11.3 Å². The Labute approximate surface area is 157 Å². The first-order chi connectivity index (χ1) is 12.5. The van der Waals surface area contributed by atoms with Gasteiger partial charge in [-0.25, -0.2) is 0 Å². The Balaban J connectivity index is 1.72. The van der Waals surface area contributed by atoms with E-state index < -0.39 is 0 Å². The van der Waals surface area contributed by atoms with Crippen molar-refractivity contribution in [3.05, 3.63) is 51.7 Å². The Morgan fingerprint density at radius 1 is 1.04 bits per heavy atom. The number of anilines is 1. The van der Waals surface area contributed by atoms with Gasteiger partial charge in [0.15, 0.2) is 5.78 Å². The van der Waals surface area contributed by atoms with E-state index in [1.165, 1.54) is 11.3 Å². The van der Waals surface area contributed by atoms with Crippen LogP contribution >= 0.6 is 11.3 Å². The predicted octanol–water partition coefficient (Wildman–Crippen LogP) is 4.15. The van der Waals surface area contributed by atoms with Gasteiger partial charge in [-0.05, 0) is 36.8 Å². The molecule has 26 heavy (non-hydrogen) atoms. The zero-order valence-electron chi connectivity index (χ0n) is 15.0. The second-order valence-electron chi connectivity index (χ2n) is 6.05. The van der Waals surface area contributed by atoms with Gasteiger partial charge in [0.1, 0.15) is 5.78 Å². The van der Waals surface area contributed by atoms with Crippen LogP contribution in [0.2, 0.25) is 0 Å². The number of aryl methyl sites for hydroxylation is 1. The van der Waals surface area contributed by atoms with Crippen LogP contribution in [-0.2, 0) is 20.9 Å². The van der Waals surface area contributed by atoms with Gasteiger partial charge in [-0.2, -0.15) is 0 Å². The first-order valence-corrected chi connectivity index (χ1v) is 9.28. The van der Waals surface area contributed by atoms with Crippen LogP contribution in [0.4, 0.5) is 5.69 Å². The zero-order chi connectivity index (χ0) is 18.9. The average molecular weight is 373 g/mol. The van der Waals surface area contributed by atoms with E-state index in [1.807, 2.05) is 31.2 Å². The molecule has 0 aliphatic carbocycles. The molecule has 6 heteroatoms. The molecule has 0 bridgehead atoms. The van der Waals surface area contributed by atoms with Crippen molar-refractivity contribution in [1.29, 1.82) is 0 Å². The van der Waals surface area contributed by atoms with Crippen LogP contribution in [0.15, 0.2) is 36.4 Å². The number of Topliss-reactive ketones (excluding diaryl/α,β-unsaturated/α-hetero) is 2. The molecule has 1 heterocycles. The molecule has 1 amide bonds. The smallest absolute Gasteiger partial charge is 0.224 e. The number of carbonyl (C=O) groups is 3. The molecule has 0 saturated heterocycles. The molecule has 0 unspecified atom stereocenters. The van der Waals surface area contributed by atoms with Crippen molar-refractivity contribution in [3.8, 4) is 0 Å². The number of carbonyl (C=O) groups excluding carboxylic acids is 3. The monoisotopic (exact) mass is 373 g/mol. The number of amides is 1. The molecule has 1 aromatic heterocycles. The van der Waals surface area contributed by atoms with Gasteiger partial charge in [0, 0.05) is 43.4 Å². The van der Waals surface area contributed by atoms with E-state index >= 15 is 0 Å². The summed E-state index contributed by atoms with van der Waals surface area (Å²) < 4.78 is 5.06. The van der Waals surface area contributed by atoms with E-state index in [2.05, 4.69) is 5.32 Å². The number of benzene rings is 1. The van der Waals surface area contributed by atoms with Crippen LogP contribution in [-0.4, -0.2) is 24.6 Å². The molecule has 0 spiro atoms. The Morgan fingerprint density at radius 2 is 1.81 bits per heavy atom. The molecule has 138 valence electrons. The predicted molar refractivity (Wildman–Crippen MR) is 103 cm³/mol. The van der Waals surface area contributed by atoms with Crippen molar-refractivity contribution in [2.75, 3.05) is 12.4 Å². The number of rotatable bonds is 10. The van der Waals surface area contributed by atoms with Crippen LogP contribution in [0.1, 0.15) is 45.8 Å². The summed E-state index contributed by atoms with van der Waals surface area (Å²) in [5, 5.41) is 2.78. The van der Waals surface area contributed by atoms with Crippen LogP contribution in [0, 0.1) is 6.92 Å². The summed E-state index contributed by atoms with van der Waals surface area (Å²) in [7, 11) is 1.61. The van der Waals surface area contributed by atoms with Crippen LogP contribution in [0.25, 0.3) is 0 Å². The fraction of sp³-hybridized carbons (Fsp3) is 0.350. The molecular formula is C20H23NO4S. The lowest BCUT2D eigenvalue weighted by molar-refractivity contribution is -0.122. The van der Waals surface area contributed by atoms with Crippen molar-refractivity contribution >= 4 is 34.5 Å². The lowest BCUT2D eigenvalue weighted by Gasteiger charge is -2.07. The van der Waals surface area contributed by atoms with Crippen molar-refractivity contribution in [2.45, 2.75) is 39.2 Å². The minimum absolute atomic E-state index is 0.0177. The maximum absolute atomic E-state index is 12.0. The highest BCUT2D eigenvalue weighted by Gasteiger charge is 2.12. The van der Waals surface area contributed by atoms with Crippen LogP contribution in [0.3, 0.4) is 0 Å². The minimum Gasteiger partial charge on any atom is -0.380 e. The highest BCUT2D eigenvalue weighted by molar-refractivity contribution is 7.14. The number of ether oxygens (including phenoxy) is 1. The lowest BCUT2D eigenvalue weighted by Crippen LogP contribution is -2.14. The van der Waals surface area contributed by atoms with Crippen LogP contribution in [0.5, 0.6) is 0 Å². The van der Waals surface area contributed by atoms with Gasteiger partial charge in [-0.3, -0.25) is 14.4 Å². The number of thiophene rings is 1.